The predicted octanol–water partition coefficient (Wildman–Crippen LogP) is 1.98. The van der Waals surface area contributed by atoms with Crippen molar-refractivity contribution < 1.29 is 4.74 Å². The van der Waals surface area contributed by atoms with Crippen molar-refractivity contribution in [1.29, 1.82) is 0 Å². The summed E-state index contributed by atoms with van der Waals surface area (Å²) < 4.78 is 7.10. The molecule has 1 aliphatic heterocycles. The Bertz CT molecular complexity index is 982. The number of ether oxygens (including phenoxy) is 1. The predicted molar refractivity (Wildman–Crippen MR) is 102 cm³/mol. The molecule has 0 atom stereocenters. The van der Waals surface area contributed by atoms with Crippen LogP contribution in [0.2, 0.25) is 0 Å². The van der Waals surface area contributed by atoms with Crippen LogP contribution in [-0.4, -0.2) is 49.8 Å². The second-order valence-corrected chi connectivity index (χ2v) is 7.00. The Kier molecular flexibility index (Phi) is 4.73. The number of fused-ring (bicyclic) bond motifs is 2. The second kappa shape index (κ2) is 7.19. The number of aryl methyl sites for hydroxylation is 4. The SMILES string of the molecule is COCCCc1nc(C)n2ncnc(N3CCc4nc(C)nc(C)c4C3)c12. The number of methoxy groups -OCH3 is 1. The van der Waals surface area contributed by atoms with E-state index in [4.69, 9.17) is 9.72 Å². The van der Waals surface area contributed by atoms with E-state index >= 15 is 0 Å². The third-order valence-electron chi connectivity index (χ3n) is 5.09. The number of hydrogen-bond acceptors (Lipinski definition) is 7. The van der Waals surface area contributed by atoms with Gasteiger partial charge in [-0.05, 0) is 33.6 Å². The fourth-order valence-corrected chi connectivity index (χ4v) is 3.84. The number of nitrogens with zero attached hydrogens (tertiary/aromatic N) is 7. The maximum Gasteiger partial charge on any atom is 0.158 e. The molecule has 0 saturated carbocycles. The highest BCUT2D eigenvalue weighted by Crippen LogP contribution is 2.29. The molecule has 142 valence electrons. The van der Waals surface area contributed by atoms with Crippen molar-refractivity contribution in [3.63, 3.8) is 0 Å². The van der Waals surface area contributed by atoms with E-state index in [0.29, 0.717) is 6.61 Å². The van der Waals surface area contributed by atoms with E-state index in [1.54, 1.807) is 13.4 Å². The van der Waals surface area contributed by atoms with E-state index in [-0.39, 0.29) is 0 Å². The Morgan fingerprint density at radius 2 is 2.00 bits per heavy atom. The Morgan fingerprint density at radius 3 is 2.81 bits per heavy atom. The molecule has 4 heterocycles. The second-order valence-electron chi connectivity index (χ2n) is 7.00. The lowest BCUT2D eigenvalue weighted by molar-refractivity contribution is 0.195. The Labute approximate surface area is 158 Å². The van der Waals surface area contributed by atoms with Crippen molar-refractivity contribution in [2.24, 2.45) is 0 Å². The minimum Gasteiger partial charge on any atom is -0.385 e. The van der Waals surface area contributed by atoms with Crippen LogP contribution in [0.25, 0.3) is 5.52 Å². The summed E-state index contributed by atoms with van der Waals surface area (Å²) in [6.07, 6.45) is 4.27. The summed E-state index contributed by atoms with van der Waals surface area (Å²) in [5, 5.41) is 4.42. The highest BCUT2D eigenvalue weighted by molar-refractivity contribution is 5.72. The highest BCUT2D eigenvalue weighted by Gasteiger charge is 2.25. The maximum atomic E-state index is 5.20. The van der Waals surface area contributed by atoms with Gasteiger partial charge in [-0.3, -0.25) is 0 Å². The van der Waals surface area contributed by atoms with Crippen LogP contribution in [-0.2, 0) is 24.1 Å². The summed E-state index contributed by atoms with van der Waals surface area (Å²) in [5.74, 6) is 2.66. The molecular weight excluding hydrogens is 342 g/mol. The zero-order valence-corrected chi connectivity index (χ0v) is 16.4. The number of rotatable bonds is 5. The Balaban J connectivity index is 1.73. The molecule has 3 aromatic rings. The standard InChI is InChI=1S/C19H25N7O/c1-12-15-10-25(8-7-16(15)23-13(2)22-12)19-18-17(6-5-9-27-4)24-14(3)26(18)21-11-20-19/h11H,5-10H2,1-4H3. The van der Waals surface area contributed by atoms with Gasteiger partial charge in [-0.15, -0.1) is 0 Å². The molecular formula is C19H25N7O. The fraction of sp³-hybridized carbons (Fsp3) is 0.526. The lowest BCUT2D eigenvalue weighted by Crippen LogP contribution is -2.33. The van der Waals surface area contributed by atoms with Gasteiger partial charge in [-0.2, -0.15) is 5.10 Å². The number of hydrogen-bond donors (Lipinski definition) is 0. The molecule has 0 spiro atoms. The van der Waals surface area contributed by atoms with Gasteiger partial charge in [0.05, 0.1) is 11.4 Å². The first-order valence-electron chi connectivity index (χ1n) is 9.34. The lowest BCUT2D eigenvalue weighted by Gasteiger charge is -2.30. The van der Waals surface area contributed by atoms with Gasteiger partial charge in [-0.25, -0.2) is 24.5 Å². The largest absolute Gasteiger partial charge is 0.385 e. The average molecular weight is 367 g/mol. The van der Waals surface area contributed by atoms with Crippen molar-refractivity contribution in [2.75, 3.05) is 25.2 Å². The minimum atomic E-state index is 0.716. The Hall–Kier alpha value is -2.61. The molecule has 0 unspecified atom stereocenters. The Morgan fingerprint density at radius 1 is 1.15 bits per heavy atom. The first kappa shape index (κ1) is 17.8. The van der Waals surface area contributed by atoms with Crippen LogP contribution >= 0.6 is 0 Å². The van der Waals surface area contributed by atoms with Crippen LogP contribution in [0.15, 0.2) is 6.33 Å². The van der Waals surface area contributed by atoms with Crippen LogP contribution in [0.5, 0.6) is 0 Å². The molecule has 0 aromatic carbocycles. The number of imidazole rings is 1. The van der Waals surface area contributed by atoms with E-state index in [2.05, 4.69) is 31.9 Å². The van der Waals surface area contributed by atoms with Crippen molar-refractivity contribution in [3.05, 3.63) is 40.6 Å². The monoisotopic (exact) mass is 367 g/mol. The van der Waals surface area contributed by atoms with Crippen LogP contribution in [0.1, 0.15) is 40.7 Å². The van der Waals surface area contributed by atoms with Crippen LogP contribution < -0.4 is 4.90 Å². The quantitative estimate of drug-likeness (QED) is 0.638. The van der Waals surface area contributed by atoms with E-state index in [0.717, 1.165) is 72.4 Å². The summed E-state index contributed by atoms with van der Waals surface area (Å²) in [5.41, 5.74) is 5.45. The van der Waals surface area contributed by atoms with E-state index < -0.39 is 0 Å². The van der Waals surface area contributed by atoms with Gasteiger partial charge in [0.15, 0.2) is 5.82 Å². The van der Waals surface area contributed by atoms with Crippen molar-refractivity contribution in [3.8, 4) is 0 Å². The van der Waals surface area contributed by atoms with Crippen LogP contribution in [0.4, 0.5) is 5.82 Å². The van der Waals surface area contributed by atoms with E-state index in [1.165, 1.54) is 5.56 Å². The molecule has 3 aromatic heterocycles. The molecule has 8 heteroatoms. The van der Waals surface area contributed by atoms with Gasteiger partial charge in [0.2, 0.25) is 0 Å². The first-order chi connectivity index (χ1) is 13.1. The van der Waals surface area contributed by atoms with Gasteiger partial charge < -0.3 is 9.64 Å². The third-order valence-corrected chi connectivity index (χ3v) is 5.09. The molecule has 8 nitrogen and oxygen atoms in total. The van der Waals surface area contributed by atoms with Gasteiger partial charge in [0.1, 0.15) is 23.5 Å². The molecule has 4 rings (SSSR count). The van der Waals surface area contributed by atoms with Gasteiger partial charge in [-0.1, -0.05) is 0 Å². The highest BCUT2D eigenvalue weighted by atomic mass is 16.5. The zero-order valence-electron chi connectivity index (χ0n) is 16.4. The molecule has 1 aliphatic rings. The van der Waals surface area contributed by atoms with Crippen molar-refractivity contribution in [2.45, 2.75) is 46.6 Å². The summed E-state index contributed by atoms with van der Waals surface area (Å²) in [4.78, 5) is 20.9. The molecule has 0 aliphatic carbocycles. The summed E-state index contributed by atoms with van der Waals surface area (Å²) in [6.45, 7) is 8.35. The molecule has 0 saturated heterocycles. The lowest BCUT2D eigenvalue weighted by atomic mass is 10.0. The fourth-order valence-electron chi connectivity index (χ4n) is 3.84. The summed E-state index contributed by atoms with van der Waals surface area (Å²) in [6, 6.07) is 0. The van der Waals surface area contributed by atoms with Gasteiger partial charge in [0.25, 0.3) is 0 Å². The van der Waals surface area contributed by atoms with Crippen molar-refractivity contribution >= 4 is 11.3 Å². The maximum absolute atomic E-state index is 5.20. The van der Waals surface area contributed by atoms with E-state index in [9.17, 15) is 0 Å². The molecule has 0 bridgehead atoms. The third kappa shape index (κ3) is 3.25. The van der Waals surface area contributed by atoms with Crippen molar-refractivity contribution in [1.82, 2.24) is 29.5 Å². The normalized spacial score (nSPS) is 14.0. The molecule has 0 fully saturated rings. The molecule has 0 N–H and O–H groups in total. The minimum absolute atomic E-state index is 0.716. The molecule has 0 radical (unpaired) electrons. The summed E-state index contributed by atoms with van der Waals surface area (Å²) in [7, 11) is 1.72. The molecule has 0 amide bonds. The summed E-state index contributed by atoms with van der Waals surface area (Å²) >= 11 is 0. The van der Waals surface area contributed by atoms with Crippen LogP contribution in [0, 0.1) is 20.8 Å². The smallest absolute Gasteiger partial charge is 0.158 e. The van der Waals surface area contributed by atoms with Gasteiger partial charge >= 0.3 is 0 Å². The average Bonchev–Trinajstić information content (AvgIpc) is 2.98. The van der Waals surface area contributed by atoms with Crippen LogP contribution in [0.3, 0.4) is 0 Å². The first-order valence-corrected chi connectivity index (χ1v) is 9.34. The molecule has 27 heavy (non-hydrogen) atoms. The zero-order chi connectivity index (χ0) is 19.0. The van der Waals surface area contributed by atoms with Gasteiger partial charge in [0, 0.05) is 44.5 Å². The topological polar surface area (TPSA) is 81.3 Å². The number of anilines is 1. The van der Waals surface area contributed by atoms with E-state index in [1.807, 2.05) is 18.4 Å². The number of aromatic nitrogens is 6.